The van der Waals surface area contributed by atoms with Crippen LogP contribution in [0.3, 0.4) is 0 Å². The molecular formula is C26H33NO9. The van der Waals surface area contributed by atoms with Crippen LogP contribution in [0.1, 0.15) is 29.3 Å². The molecule has 36 heavy (non-hydrogen) atoms. The molecular weight excluding hydrogens is 470 g/mol. The topological polar surface area (TPSA) is 136 Å². The van der Waals surface area contributed by atoms with Crippen molar-refractivity contribution in [3.8, 4) is 17.2 Å². The lowest BCUT2D eigenvalue weighted by atomic mass is 9.87. The maximum Gasteiger partial charge on any atom is 0.338 e. The van der Waals surface area contributed by atoms with Gasteiger partial charge in [-0.3, -0.25) is 0 Å². The van der Waals surface area contributed by atoms with Crippen molar-refractivity contribution in [2.45, 2.75) is 18.9 Å². The number of hydrogen-bond donors (Lipinski definition) is 2. The summed E-state index contributed by atoms with van der Waals surface area (Å²) in [6.07, 6.45) is 1.76. The molecule has 10 nitrogen and oxygen atoms in total. The van der Waals surface area contributed by atoms with E-state index >= 15 is 0 Å². The number of aliphatic carboxylic acids is 2. The molecule has 2 aromatic carbocycles. The number of carbonyl (C=O) groups is 3. The first-order chi connectivity index (χ1) is 17.1. The number of methoxy groups -OCH3 is 3. The number of carboxylic acid groups (broad SMARTS) is 2. The largest absolute Gasteiger partial charge is 0.545 e. The van der Waals surface area contributed by atoms with E-state index in [4.69, 9.17) is 24.1 Å². The number of ether oxygens (including phenoxy) is 4. The zero-order chi connectivity index (χ0) is 27.3. The van der Waals surface area contributed by atoms with Gasteiger partial charge in [0.15, 0.2) is 23.6 Å². The van der Waals surface area contributed by atoms with Crippen molar-refractivity contribution in [3.05, 3.63) is 65.7 Å². The number of esters is 1. The summed E-state index contributed by atoms with van der Waals surface area (Å²) in [5, 5.41) is 17.2. The molecule has 196 valence electrons. The average Bonchev–Trinajstić information content (AvgIpc) is 2.87. The summed E-state index contributed by atoms with van der Waals surface area (Å²) in [4.78, 5) is 33.0. The van der Waals surface area contributed by atoms with E-state index in [0.29, 0.717) is 35.0 Å². The van der Waals surface area contributed by atoms with Gasteiger partial charge in [0.2, 0.25) is 5.75 Å². The Morgan fingerprint density at radius 3 is 1.89 bits per heavy atom. The Morgan fingerprint density at radius 1 is 0.972 bits per heavy atom. The molecule has 1 atom stereocenters. The van der Waals surface area contributed by atoms with E-state index in [1.165, 1.54) is 26.2 Å². The summed E-state index contributed by atoms with van der Waals surface area (Å²) in [6, 6.07) is 13.3. The van der Waals surface area contributed by atoms with Gasteiger partial charge in [0.25, 0.3) is 0 Å². The molecule has 0 heterocycles. The van der Waals surface area contributed by atoms with Crippen molar-refractivity contribution >= 4 is 17.9 Å². The van der Waals surface area contributed by atoms with Crippen LogP contribution in [0.5, 0.6) is 17.2 Å². The fourth-order valence-corrected chi connectivity index (χ4v) is 3.54. The Balaban J connectivity index is 0.000000697. The number of quaternary nitrogens is 1. The Hall–Kier alpha value is -4.05. The molecule has 2 rings (SSSR count). The Bertz CT molecular complexity index is 1010. The van der Waals surface area contributed by atoms with E-state index in [0.717, 1.165) is 12.0 Å². The first-order valence-corrected chi connectivity index (χ1v) is 11.0. The minimum atomic E-state index is -1.51. The van der Waals surface area contributed by atoms with Gasteiger partial charge < -0.3 is 38.9 Å². The highest BCUT2D eigenvalue weighted by Crippen LogP contribution is 2.38. The lowest BCUT2D eigenvalue weighted by Gasteiger charge is -2.35. The second kappa shape index (κ2) is 14.4. The van der Waals surface area contributed by atoms with Crippen molar-refractivity contribution in [2.24, 2.45) is 0 Å². The van der Waals surface area contributed by atoms with Gasteiger partial charge >= 0.3 is 11.9 Å². The zero-order valence-corrected chi connectivity index (χ0v) is 21.3. The van der Waals surface area contributed by atoms with Crippen molar-refractivity contribution in [1.29, 1.82) is 0 Å². The van der Waals surface area contributed by atoms with Gasteiger partial charge in [0.1, 0.15) is 0 Å². The molecule has 1 unspecified atom stereocenters. The van der Waals surface area contributed by atoms with Crippen LogP contribution in [0, 0.1) is 0 Å². The van der Waals surface area contributed by atoms with Crippen molar-refractivity contribution in [1.82, 2.24) is 0 Å². The summed E-state index contributed by atoms with van der Waals surface area (Å²) in [7, 11) is 8.69. The SMILES string of the molecule is CCC(COC(=O)c1cc(OC)c(OC)c(OC)c1)(c1ccccc1)[NH+](C)C.O=C([O-])/C=C/C(=O)O. The number of nitrogens with one attached hydrogen (secondary N) is 1. The molecule has 2 aromatic rings. The van der Waals surface area contributed by atoms with E-state index in [-0.39, 0.29) is 12.1 Å². The summed E-state index contributed by atoms with van der Waals surface area (Å²) in [5.41, 5.74) is 1.15. The molecule has 0 saturated carbocycles. The predicted molar refractivity (Wildman–Crippen MR) is 129 cm³/mol. The van der Waals surface area contributed by atoms with Crippen LogP contribution >= 0.6 is 0 Å². The molecule has 0 saturated heterocycles. The minimum absolute atomic E-state index is 0.255. The quantitative estimate of drug-likeness (QED) is 0.335. The fraction of sp³-hybridized carbons (Fsp3) is 0.346. The monoisotopic (exact) mass is 503 g/mol. The summed E-state index contributed by atoms with van der Waals surface area (Å²) < 4.78 is 21.7. The van der Waals surface area contributed by atoms with Gasteiger partial charge in [-0.15, -0.1) is 0 Å². The van der Waals surface area contributed by atoms with E-state index in [1.54, 1.807) is 12.1 Å². The number of rotatable bonds is 11. The second-order valence-corrected chi connectivity index (χ2v) is 7.78. The van der Waals surface area contributed by atoms with Gasteiger partial charge in [0, 0.05) is 18.1 Å². The summed E-state index contributed by atoms with van der Waals surface area (Å²) >= 11 is 0. The van der Waals surface area contributed by atoms with Crippen LogP contribution in [-0.4, -0.2) is 65.0 Å². The third-order valence-corrected chi connectivity index (χ3v) is 5.60. The lowest BCUT2D eigenvalue weighted by molar-refractivity contribution is -0.925. The number of carboxylic acids is 2. The molecule has 0 aromatic heterocycles. The molecule has 0 amide bonds. The first-order valence-electron chi connectivity index (χ1n) is 11.0. The van der Waals surface area contributed by atoms with Crippen LogP contribution in [0.15, 0.2) is 54.6 Å². The van der Waals surface area contributed by atoms with Crippen molar-refractivity contribution in [3.63, 3.8) is 0 Å². The normalized spacial score (nSPS) is 12.2. The Kier molecular flexibility index (Phi) is 12.0. The summed E-state index contributed by atoms with van der Waals surface area (Å²) in [6.45, 7) is 2.36. The third-order valence-electron chi connectivity index (χ3n) is 5.60. The van der Waals surface area contributed by atoms with Crippen LogP contribution in [-0.2, 0) is 19.9 Å². The van der Waals surface area contributed by atoms with Gasteiger partial charge in [-0.25, -0.2) is 9.59 Å². The number of likely N-dealkylation sites (N-methyl/N-ethyl adjacent to an activating group) is 1. The predicted octanol–water partition coefficient (Wildman–Crippen LogP) is 0.696. The van der Waals surface area contributed by atoms with Crippen molar-refractivity contribution < 1.29 is 48.4 Å². The molecule has 0 spiro atoms. The number of hydrogen-bond acceptors (Lipinski definition) is 8. The Morgan fingerprint density at radius 2 is 1.53 bits per heavy atom. The van der Waals surface area contributed by atoms with Gasteiger partial charge in [0.05, 0.1) is 47.0 Å². The second-order valence-electron chi connectivity index (χ2n) is 7.78. The highest BCUT2D eigenvalue weighted by atomic mass is 16.5. The number of benzene rings is 2. The molecule has 10 heteroatoms. The standard InChI is InChI=1S/C22H29NO5.C4H4O4/c1-7-22(23(2)3,17-11-9-8-10-12-17)15-28-21(24)16-13-18(25-4)20(27-6)19(14-16)26-5;5-3(6)1-2-4(7)8/h8-14H,7,15H2,1-6H3;1-2H,(H,5,6)(H,7,8)/b;2-1+. The highest BCUT2D eigenvalue weighted by molar-refractivity contribution is 5.91. The van der Waals surface area contributed by atoms with Crippen LogP contribution < -0.4 is 24.2 Å². The highest BCUT2D eigenvalue weighted by Gasteiger charge is 2.38. The molecule has 0 radical (unpaired) electrons. The maximum atomic E-state index is 12.8. The maximum absolute atomic E-state index is 12.8. The van der Waals surface area contributed by atoms with Crippen LogP contribution in [0.2, 0.25) is 0 Å². The molecule has 0 fully saturated rings. The van der Waals surface area contributed by atoms with E-state index < -0.39 is 17.9 Å². The zero-order valence-electron chi connectivity index (χ0n) is 21.3. The van der Waals surface area contributed by atoms with Crippen LogP contribution in [0.4, 0.5) is 0 Å². The molecule has 2 N–H and O–H groups in total. The van der Waals surface area contributed by atoms with Crippen LogP contribution in [0.25, 0.3) is 0 Å². The molecule has 0 bridgehead atoms. The van der Waals surface area contributed by atoms with E-state index in [2.05, 4.69) is 33.2 Å². The fourth-order valence-electron chi connectivity index (χ4n) is 3.54. The lowest BCUT2D eigenvalue weighted by Crippen LogP contribution is -3.14. The molecule has 0 aliphatic rings. The minimum Gasteiger partial charge on any atom is -0.545 e. The van der Waals surface area contributed by atoms with Gasteiger partial charge in [-0.1, -0.05) is 37.3 Å². The summed E-state index contributed by atoms with van der Waals surface area (Å²) in [5.74, 6) is -1.98. The average molecular weight is 504 g/mol. The number of carbonyl (C=O) groups excluding carboxylic acids is 2. The first kappa shape index (κ1) is 30.0. The van der Waals surface area contributed by atoms with Crippen molar-refractivity contribution in [2.75, 3.05) is 42.0 Å². The van der Waals surface area contributed by atoms with Gasteiger partial charge in [-0.05, 0) is 18.2 Å². The van der Waals surface area contributed by atoms with Gasteiger partial charge in [-0.2, -0.15) is 0 Å². The van der Waals surface area contributed by atoms with E-state index in [9.17, 15) is 19.5 Å². The smallest absolute Gasteiger partial charge is 0.338 e. The third kappa shape index (κ3) is 8.02. The van der Waals surface area contributed by atoms with E-state index in [1.807, 2.05) is 18.2 Å². The molecule has 0 aliphatic carbocycles. The Labute approximate surface area is 210 Å². The molecule has 0 aliphatic heterocycles.